The first-order valence-electron chi connectivity index (χ1n) is 12.4. The molecule has 10 heteroatoms. The average molecular weight is 509 g/mol. The van der Waals surface area contributed by atoms with Crippen LogP contribution in [0.5, 0.6) is 0 Å². The second-order valence-corrected chi connectivity index (χ2v) is 9.23. The predicted octanol–water partition coefficient (Wildman–Crippen LogP) is 5.62. The van der Waals surface area contributed by atoms with E-state index in [1.807, 2.05) is 67.2 Å². The average Bonchev–Trinajstić information content (AvgIpc) is 3.77. The normalized spacial score (nSPS) is 12.4. The highest BCUT2D eigenvalue weighted by Crippen LogP contribution is 2.41. The van der Waals surface area contributed by atoms with Crippen molar-refractivity contribution in [3.05, 3.63) is 96.7 Å². The minimum Gasteiger partial charge on any atom is -0.355 e. The fraction of sp³-hybridized carbons (Fsp3) is 0. The van der Waals surface area contributed by atoms with Crippen molar-refractivity contribution in [3.63, 3.8) is 0 Å². The van der Waals surface area contributed by atoms with Crippen molar-refractivity contribution in [1.82, 2.24) is 49.4 Å². The summed E-state index contributed by atoms with van der Waals surface area (Å²) in [4.78, 5) is 36.5. The maximum atomic E-state index is 4.90. The number of fused-ring (bicyclic) bond motifs is 8. The summed E-state index contributed by atoms with van der Waals surface area (Å²) >= 11 is 0. The van der Waals surface area contributed by atoms with Gasteiger partial charge in [0.05, 0.1) is 64.2 Å². The number of nitrogens with one attached hydrogen (secondary N) is 4. The molecule has 0 saturated heterocycles. The van der Waals surface area contributed by atoms with Crippen LogP contribution in [0.4, 0.5) is 0 Å². The molecule has 0 radical (unpaired) electrons. The van der Waals surface area contributed by atoms with Gasteiger partial charge in [0.15, 0.2) is 5.82 Å². The Morgan fingerprint density at radius 3 is 1.49 bits per heavy atom. The summed E-state index contributed by atoms with van der Waals surface area (Å²) in [6.07, 6.45) is 18.7. The molecule has 0 atom stereocenters. The summed E-state index contributed by atoms with van der Waals surface area (Å²) < 4.78 is 2.10. The Hall–Kier alpha value is -5.77. The molecule has 8 rings (SSSR count). The van der Waals surface area contributed by atoms with Crippen LogP contribution in [0.15, 0.2) is 74.0 Å². The number of nitrogens with zero attached hydrogens (tertiary/aromatic N) is 6. The quantitative estimate of drug-likeness (QED) is 0.246. The van der Waals surface area contributed by atoms with E-state index in [1.165, 1.54) is 0 Å². The first kappa shape index (κ1) is 21.3. The predicted molar refractivity (Wildman–Crippen MR) is 151 cm³/mol. The number of rotatable bonds is 3. The summed E-state index contributed by atoms with van der Waals surface area (Å²) in [5, 5.41) is 0. The molecule has 10 nitrogen and oxygen atoms in total. The molecule has 0 saturated carbocycles. The van der Waals surface area contributed by atoms with Gasteiger partial charge in [0.1, 0.15) is 0 Å². The molecule has 2 aliphatic rings. The van der Waals surface area contributed by atoms with Crippen LogP contribution in [0.3, 0.4) is 0 Å². The van der Waals surface area contributed by atoms with E-state index in [0.717, 1.165) is 73.2 Å². The van der Waals surface area contributed by atoms with Crippen molar-refractivity contribution in [1.29, 1.82) is 0 Å². The zero-order valence-electron chi connectivity index (χ0n) is 20.4. The molecular weight excluding hydrogens is 488 g/mol. The fourth-order valence-corrected chi connectivity index (χ4v) is 5.12. The molecule has 8 heterocycles. The number of hydrogen-bond donors (Lipinski definition) is 4. The van der Waals surface area contributed by atoms with Crippen LogP contribution in [-0.2, 0) is 0 Å². The van der Waals surface area contributed by atoms with Gasteiger partial charge in [0.25, 0.3) is 0 Å². The molecule has 39 heavy (non-hydrogen) atoms. The van der Waals surface area contributed by atoms with Crippen molar-refractivity contribution in [2.75, 3.05) is 0 Å². The summed E-state index contributed by atoms with van der Waals surface area (Å²) in [6, 6.07) is 12.3. The van der Waals surface area contributed by atoms with Gasteiger partial charge < -0.3 is 19.9 Å². The smallest absolute Gasteiger partial charge is 0.155 e. The SMILES string of the molecule is C1=Cc2cc3c(-c4c[nH]cn4)c(-c4c[nH]cn4)c(cc4nc(cc5ccc(cc1n2)[nH]5)C=C4)n3-c1c[nH]cn1. The molecule has 6 aromatic rings. The summed E-state index contributed by atoms with van der Waals surface area (Å²) in [5.41, 5.74) is 10.4. The molecule has 0 aliphatic carbocycles. The lowest BCUT2D eigenvalue weighted by molar-refractivity contribution is 1.10. The number of aromatic nitrogens is 10. The summed E-state index contributed by atoms with van der Waals surface area (Å²) in [5.74, 6) is 0.724. The molecule has 186 valence electrons. The van der Waals surface area contributed by atoms with Crippen molar-refractivity contribution < 1.29 is 0 Å². The van der Waals surface area contributed by atoms with Crippen LogP contribution in [0.1, 0.15) is 22.8 Å². The Labute approximate surface area is 220 Å². The monoisotopic (exact) mass is 508 g/mol. The molecule has 0 amide bonds. The third kappa shape index (κ3) is 3.62. The van der Waals surface area contributed by atoms with Crippen LogP contribution in [0.25, 0.3) is 74.7 Å². The molecule has 8 bridgehead atoms. The van der Waals surface area contributed by atoms with E-state index in [-0.39, 0.29) is 0 Å². The lowest BCUT2D eigenvalue weighted by Crippen LogP contribution is -1.94. The van der Waals surface area contributed by atoms with E-state index in [9.17, 15) is 0 Å². The third-order valence-electron chi connectivity index (χ3n) is 6.74. The van der Waals surface area contributed by atoms with Crippen LogP contribution >= 0.6 is 0 Å². The highest BCUT2D eigenvalue weighted by molar-refractivity contribution is 6.03. The number of aromatic amines is 4. The molecule has 0 aromatic carbocycles. The zero-order chi connectivity index (χ0) is 25.8. The molecule has 2 aliphatic heterocycles. The van der Waals surface area contributed by atoms with Gasteiger partial charge in [-0.2, -0.15) is 0 Å². The van der Waals surface area contributed by atoms with E-state index < -0.39 is 0 Å². The van der Waals surface area contributed by atoms with Gasteiger partial charge in [-0.25, -0.2) is 24.9 Å². The fourth-order valence-electron chi connectivity index (χ4n) is 5.12. The Morgan fingerprint density at radius 2 is 1.03 bits per heavy atom. The number of imidazole rings is 3. The molecule has 4 N–H and O–H groups in total. The first-order valence-corrected chi connectivity index (χ1v) is 12.4. The van der Waals surface area contributed by atoms with Gasteiger partial charge in [0.2, 0.25) is 0 Å². The molecule has 0 fully saturated rings. The lowest BCUT2D eigenvalue weighted by atomic mass is 10.0. The zero-order valence-corrected chi connectivity index (χ0v) is 20.4. The molecule has 0 unspecified atom stereocenters. The van der Waals surface area contributed by atoms with Gasteiger partial charge in [-0.15, -0.1) is 0 Å². The minimum atomic E-state index is 0.724. The molecule has 6 aromatic heterocycles. The van der Waals surface area contributed by atoms with Gasteiger partial charge in [-0.1, -0.05) is 0 Å². The highest BCUT2D eigenvalue weighted by atomic mass is 15.1. The van der Waals surface area contributed by atoms with Crippen LogP contribution < -0.4 is 0 Å². The lowest BCUT2D eigenvalue weighted by Gasteiger charge is -2.03. The maximum Gasteiger partial charge on any atom is 0.155 e. The number of hydrogen-bond acceptors (Lipinski definition) is 5. The molecule has 0 spiro atoms. The van der Waals surface area contributed by atoms with Crippen molar-refractivity contribution in [2.24, 2.45) is 0 Å². The van der Waals surface area contributed by atoms with E-state index in [0.29, 0.717) is 0 Å². The van der Waals surface area contributed by atoms with Crippen molar-refractivity contribution in [3.8, 4) is 28.3 Å². The second kappa shape index (κ2) is 8.38. The van der Waals surface area contributed by atoms with E-state index in [4.69, 9.17) is 9.97 Å². The van der Waals surface area contributed by atoms with Gasteiger partial charge >= 0.3 is 0 Å². The Balaban J connectivity index is 1.62. The summed E-state index contributed by atoms with van der Waals surface area (Å²) in [7, 11) is 0. The van der Waals surface area contributed by atoms with E-state index in [1.54, 1.807) is 19.0 Å². The Bertz CT molecular complexity index is 1920. The Morgan fingerprint density at radius 1 is 0.538 bits per heavy atom. The topological polar surface area (TPSA) is 133 Å². The molecular formula is C29H20N10. The van der Waals surface area contributed by atoms with Crippen molar-refractivity contribution >= 4 is 46.4 Å². The van der Waals surface area contributed by atoms with Crippen LogP contribution in [0.2, 0.25) is 0 Å². The van der Waals surface area contributed by atoms with Crippen molar-refractivity contribution in [2.45, 2.75) is 0 Å². The standard InChI is InChI=1S/C29H20N10/c1-2-18-8-20-4-6-22(38-20)10-26-29(24-12-31-15-34-24)28(23-11-30-14-33-23)25(39(26)27-13-32-16-35-27)9-21-5-3-19(37-21)7-17(1)36-18/h1-16,36H,(H,30,33)(H,31,34)(H,32,35). The second-order valence-electron chi connectivity index (χ2n) is 9.23. The maximum absolute atomic E-state index is 4.90. The van der Waals surface area contributed by atoms with Gasteiger partial charge in [-0.3, -0.25) is 4.57 Å². The van der Waals surface area contributed by atoms with Crippen LogP contribution in [0, 0.1) is 0 Å². The highest BCUT2D eigenvalue weighted by Gasteiger charge is 2.24. The summed E-state index contributed by atoms with van der Waals surface area (Å²) in [6.45, 7) is 0. The van der Waals surface area contributed by atoms with Gasteiger partial charge in [0, 0.05) is 40.8 Å². The number of H-pyrrole nitrogens is 4. The van der Waals surface area contributed by atoms with E-state index in [2.05, 4.69) is 51.6 Å². The first-order chi connectivity index (χ1) is 19.3. The third-order valence-corrected chi connectivity index (χ3v) is 6.74. The Kier molecular flexibility index (Phi) is 4.59. The largest absolute Gasteiger partial charge is 0.355 e. The van der Waals surface area contributed by atoms with Crippen LogP contribution in [-0.4, -0.2) is 49.4 Å². The van der Waals surface area contributed by atoms with E-state index >= 15 is 0 Å². The van der Waals surface area contributed by atoms with Gasteiger partial charge in [-0.05, 0) is 60.7 Å². The minimum absolute atomic E-state index is 0.724.